The minimum atomic E-state index is -0.464. The lowest BCUT2D eigenvalue weighted by Crippen LogP contribution is -2.08. The maximum atomic E-state index is 14.1. The molecule has 0 atom stereocenters. The van der Waals surface area contributed by atoms with Crippen LogP contribution in [0.1, 0.15) is 27.0 Å². The van der Waals surface area contributed by atoms with E-state index in [0.717, 1.165) is 11.1 Å². The second kappa shape index (κ2) is 5.87. The molecule has 0 saturated heterocycles. The van der Waals surface area contributed by atoms with Crippen LogP contribution in [0, 0.1) is 19.7 Å². The molecule has 20 heavy (non-hydrogen) atoms. The van der Waals surface area contributed by atoms with Crippen molar-refractivity contribution < 1.29 is 13.9 Å². The fourth-order valence-corrected chi connectivity index (χ4v) is 2.17. The van der Waals surface area contributed by atoms with E-state index in [4.69, 9.17) is 4.74 Å². The van der Waals surface area contributed by atoms with Crippen molar-refractivity contribution in [2.45, 2.75) is 20.3 Å². The summed E-state index contributed by atoms with van der Waals surface area (Å²) in [6.45, 7) is 3.86. The van der Waals surface area contributed by atoms with Crippen LogP contribution in [0.5, 0.6) is 5.75 Å². The summed E-state index contributed by atoms with van der Waals surface area (Å²) in [5.74, 6) is -0.386. The molecule has 0 N–H and O–H groups in total. The highest BCUT2D eigenvalue weighted by Gasteiger charge is 2.15. The lowest BCUT2D eigenvalue weighted by atomic mass is 9.96. The summed E-state index contributed by atoms with van der Waals surface area (Å²) in [6.07, 6.45) is 0.0350. The lowest BCUT2D eigenvalue weighted by Gasteiger charge is -2.09. The van der Waals surface area contributed by atoms with Crippen LogP contribution >= 0.6 is 0 Å². The summed E-state index contributed by atoms with van der Waals surface area (Å²) < 4.78 is 19.0. The van der Waals surface area contributed by atoms with Gasteiger partial charge in [0.25, 0.3) is 0 Å². The van der Waals surface area contributed by atoms with E-state index >= 15 is 0 Å². The van der Waals surface area contributed by atoms with Crippen LogP contribution in [0.2, 0.25) is 0 Å². The standard InChI is InChI=1S/C17H17FO2/c1-11-6-4-8-14(12(11)2)15(19)10-13-7-5-9-16(20-3)17(13)18/h4-9H,10H2,1-3H3. The van der Waals surface area contributed by atoms with E-state index in [1.54, 1.807) is 24.3 Å². The third kappa shape index (κ3) is 2.72. The lowest BCUT2D eigenvalue weighted by molar-refractivity contribution is 0.0991. The molecule has 0 aliphatic rings. The number of halogens is 1. The van der Waals surface area contributed by atoms with Gasteiger partial charge in [0.1, 0.15) is 0 Å². The van der Waals surface area contributed by atoms with Gasteiger partial charge < -0.3 is 4.74 Å². The van der Waals surface area contributed by atoms with Crippen LogP contribution in [-0.4, -0.2) is 12.9 Å². The van der Waals surface area contributed by atoms with E-state index < -0.39 is 5.82 Å². The molecule has 3 heteroatoms. The van der Waals surface area contributed by atoms with Crippen LogP contribution in [0.4, 0.5) is 4.39 Å². The number of benzene rings is 2. The average molecular weight is 272 g/mol. The Morgan fingerprint density at radius 3 is 2.55 bits per heavy atom. The van der Waals surface area contributed by atoms with Crippen molar-refractivity contribution in [3.8, 4) is 5.75 Å². The van der Waals surface area contributed by atoms with Gasteiger partial charge in [-0.25, -0.2) is 4.39 Å². The third-order valence-electron chi connectivity index (χ3n) is 3.52. The second-order valence-electron chi connectivity index (χ2n) is 4.78. The number of carbonyl (C=O) groups excluding carboxylic acids is 1. The van der Waals surface area contributed by atoms with Gasteiger partial charge in [-0.1, -0.05) is 30.3 Å². The molecular formula is C17H17FO2. The van der Waals surface area contributed by atoms with E-state index in [1.165, 1.54) is 7.11 Å². The second-order valence-corrected chi connectivity index (χ2v) is 4.78. The van der Waals surface area contributed by atoms with Crippen molar-refractivity contribution in [3.63, 3.8) is 0 Å². The van der Waals surface area contributed by atoms with Gasteiger partial charge in [-0.2, -0.15) is 0 Å². The number of methoxy groups -OCH3 is 1. The van der Waals surface area contributed by atoms with Crippen molar-refractivity contribution >= 4 is 5.78 Å². The Bertz CT molecular complexity index is 647. The van der Waals surface area contributed by atoms with E-state index in [2.05, 4.69) is 0 Å². The number of carbonyl (C=O) groups is 1. The Labute approximate surface area is 118 Å². The fraction of sp³-hybridized carbons (Fsp3) is 0.235. The number of rotatable bonds is 4. The summed E-state index contributed by atoms with van der Waals surface area (Å²) >= 11 is 0. The Morgan fingerprint density at radius 2 is 1.85 bits per heavy atom. The van der Waals surface area contributed by atoms with E-state index in [9.17, 15) is 9.18 Å². The Morgan fingerprint density at radius 1 is 1.15 bits per heavy atom. The third-order valence-corrected chi connectivity index (χ3v) is 3.52. The minimum Gasteiger partial charge on any atom is -0.494 e. The van der Waals surface area contributed by atoms with Crippen LogP contribution in [-0.2, 0) is 6.42 Å². The first kappa shape index (κ1) is 14.3. The molecule has 0 aliphatic heterocycles. The highest BCUT2D eigenvalue weighted by molar-refractivity contribution is 5.99. The summed E-state index contributed by atoms with van der Waals surface area (Å²) in [5.41, 5.74) is 3.00. The van der Waals surface area contributed by atoms with Crippen molar-refractivity contribution in [2.24, 2.45) is 0 Å². The predicted octanol–water partition coefficient (Wildman–Crippen LogP) is 3.88. The summed E-state index contributed by atoms with van der Waals surface area (Å²) in [4.78, 5) is 12.3. The largest absolute Gasteiger partial charge is 0.494 e. The molecule has 0 bridgehead atoms. The van der Waals surface area contributed by atoms with Crippen LogP contribution in [0.25, 0.3) is 0 Å². The first-order valence-corrected chi connectivity index (χ1v) is 6.45. The zero-order valence-corrected chi connectivity index (χ0v) is 11.9. The highest BCUT2D eigenvalue weighted by Crippen LogP contribution is 2.22. The van der Waals surface area contributed by atoms with E-state index in [1.807, 2.05) is 26.0 Å². The topological polar surface area (TPSA) is 26.3 Å². The number of Topliss-reactive ketones (excluding diaryl/α,β-unsaturated/α-hetero) is 1. The first-order chi connectivity index (χ1) is 9.54. The predicted molar refractivity (Wildman–Crippen MR) is 76.9 cm³/mol. The normalized spacial score (nSPS) is 10.4. The zero-order valence-electron chi connectivity index (χ0n) is 11.9. The molecule has 2 aromatic carbocycles. The molecule has 0 heterocycles. The van der Waals surface area contributed by atoms with Crippen molar-refractivity contribution in [1.29, 1.82) is 0 Å². The monoisotopic (exact) mass is 272 g/mol. The number of hydrogen-bond acceptors (Lipinski definition) is 2. The summed E-state index contributed by atoms with van der Waals surface area (Å²) in [7, 11) is 1.41. The molecule has 0 amide bonds. The van der Waals surface area contributed by atoms with Gasteiger partial charge in [-0.3, -0.25) is 4.79 Å². The van der Waals surface area contributed by atoms with Crippen molar-refractivity contribution in [2.75, 3.05) is 7.11 Å². The number of ether oxygens (including phenoxy) is 1. The number of hydrogen-bond donors (Lipinski definition) is 0. The molecule has 0 saturated carbocycles. The van der Waals surface area contributed by atoms with Gasteiger partial charge in [0.15, 0.2) is 17.3 Å². The van der Waals surface area contributed by atoms with Crippen molar-refractivity contribution in [1.82, 2.24) is 0 Å². The summed E-state index contributed by atoms with van der Waals surface area (Å²) in [5, 5.41) is 0. The van der Waals surface area contributed by atoms with Crippen LogP contribution in [0.3, 0.4) is 0 Å². The van der Waals surface area contributed by atoms with Gasteiger partial charge in [0.05, 0.1) is 7.11 Å². The molecule has 0 spiro atoms. The molecular weight excluding hydrogens is 255 g/mol. The minimum absolute atomic E-state index is 0.0350. The van der Waals surface area contributed by atoms with E-state index in [-0.39, 0.29) is 18.0 Å². The molecule has 0 unspecified atom stereocenters. The molecule has 0 radical (unpaired) electrons. The van der Waals surface area contributed by atoms with Gasteiger partial charge in [-0.05, 0) is 36.6 Å². The number of aryl methyl sites for hydroxylation is 1. The zero-order chi connectivity index (χ0) is 14.7. The van der Waals surface area contributed by atoms with Crippen LogP contribution < -0.4 is 4.74 Å². The smallest absolute Gasteiger partial charge is 0.168 e. The molecule has 0 aliphatic carbocycles. The maximum absolute atomic E-state index is 14.1. The van der Waals surface area contributed by atoms with Crippen molar-refractivity contribution in [3.05, 3.63) is 64.5 Å². The Kier molecular flexibility index (Phi) is 4.18. The molecule has 2 aromatic rings. The molecule has 104 valence electrons. The molecule has 2 nitrogen and oxygen atoms in total. The quantitative estimate of drug-likeness (QED) is 0.790. The van der Waals surface area contributed by atoms with Crippen LogP contribution in [0.15, 0.2) is 36.4 Å². The molecule has 0 aromatic heterocycles. The van der Waals surface area contributed by atoms with Gasteiger partial charge in [-0.15, -0.1) is 0 Å². The Hall–Kier alpha value is -2.16. The molecule has 2 rings (SSSR count). The fourth-order valence-electron chi connectivity index (χ4n) is 2.17. The van der Waals surface area contributed by atoms with Gasteiger partial charge >= 0.3 is 0 Å². The summed E-state index contributed by atoms with van der Waals surface area (Å²) in [6, 6.07) is 10.4. The average Bonchev–Trinajstić information content (AvgIpc) is 2.44. The first-order valence-electron chi connectivity index (χ1n) is 6.45. The highest BCUT2D eigenvalue weighted by atomic mass is 19.1. The number of ketones is 1. The van der Waals surface area contributed by atoms with E-state index in [0.29, 0.717) is 11.1 Å². The van der Waals surface area contributed by atoms with Gasteiger partial charge in [0, 0.05) is 12.0 Å². The molecule has 0 fully saturated rings. The maximum Gasteiger partial charge on any atom is 0.168 e. The SMILES string of the molecule is COc1cccc(CC(=O)c2cccc(C)c2C)c1F. The van der Waals surface area contributed by atoms with Gasteiger partial charge in [0.2, 0.25) is 0 Å². The Balaban J connectivity index is 2.31.